The molecule has 0 amide bonds. The number of thiophene rings is 1. The van der Waals surface area contributed by atoms with Crippen LogP contribution in [0.5, 0.6) is 11.5 Å². The molecular weight excluding hydrogens is 380 g/mol. The van der Waals surface area contributed by atoms with Crippen LogP contribution in [0.1, 0.15) is 44.6 Å². The van der Waals surface area contributed by atoms with Gasteiger partial charge in [0.2, 0.25) is 0 Å². The molecule has 0 radical (unpaired) electrons. The van der Waals surface area contributed by atoms with E-state index in [-0.39, 0.29) is 5.78 Å². The zero-order chi connectivity index (χ0) is 20.6. The Hall–Kier alpha value is -2.85. The molecule has 4 heteroatoms. The second kappa shape index (κ2) is 10.1. The lowest BCUT2D eigenvalue weighted by Gasteiger charge is -2.12. The van der Waals surface area contributed by atoms with Crippen molar-refractivity contribution in [2.45, 2.75) is 33.3 Å². The first-order valence-corrected chi connectivity index (χ1v) is 10.6. The maximum atomic E-state index is 12.5. The van der Waals surface area contributed by atoms with Crippen molar-refractivity contribution < 1.29 is 14.3 Å². The Labute approximate surface area is 176 Å². The molecule has 3 rings (SSSR count). The van der Waals surface area contributed by atoms with Crippen molar-refractivity contribution in [3.05, 3.63) is 87.1 Å². The second-order valence-corrected chi connectivity index (χ2v) is 8.01. The Morgan fingerprint density at radius 2 is 1.90 bits per heavy atom. The molecule has 0 bridgehead atoms. The summed E-state index contributed by atoms with van der Waals surface area (Å²) in [6.07, 6.45) is 5.58. The van der Waals surface area contributed by atoms with E-state index < -0.39 is 0 Å². The van der Waals surface area contributed by atoms with Gasteiger partial charge in [-0.3, -0.25) is 4.79 Å². The van der Waals surface area contributed by atoms with E-state index in [1.807, 2.05) is 67.6 Å². The topological polar surface area (TPSA) is 35.5 Å². The summed E-state index contributed by atoms with van der Waals surface area (Å²) in [6, 6.07) is 17.7. The Balaban J connectivity index is 1.72. The third-order valence-electron chi connectivity index (χ3n) is 4.61. The highest BCUT2D eigenvalue weighted by atomic mass is 32.1. The zero-order valence-electron chi connectivity index (χ0n) is 17.1. The molecule has 0 spiro atoms. The largest absolute Gasteiger partial charge is 0.496 e. The minimum atomic E-state index is 0.0332. The Bertz CT molecular complexity index is 1000. The van der Waals surface area contributed by atoms with Gasteiger partial charge < -0.3 is 9.47 Å². The van der Waals surface area contributed by atoms with E-state index in [1.54, 1.807) is 24.5 Å². The molecule has 1 heterocycles. The fourth-order valence-electron chi connectivity index (χ4n) is 3.03. The highest BCUT2D eigenvalue weighted by molar-refractivity contribution is 7.14. The van der Waals surface area contributed by atoms with Gasteiger partial charge in [-0.1, -0.05) is 43.7 Å². The number of carbonyl (C=O) groups is 1. The summed E-state index contributed by atoms with van der Waals surface area (Å²) in [5, 5.41) is 0. The summed E-state index contributed by atoms with van der Waals surface area (Å²) in [5.41, 5.74) is 2.96. The maximum absolute atomic E-state index is 12.5. The van der Waals surface area contributed by atoms with Crippen molar-refractivity contribution >= 4 is 23.2 Å². The fourth-order valence-corrected chi connectivity index (χ4v) is 4.06. The van der Waals surface area contributed by atoms with E-state index in [4.69, 9.17) is 9.47 Å². The van der Waals surface area contributed by atoms with E-state index in [0.717, 1.165) is 45.9 Å². The van der Waals surface area contributed by atoms with Crippen LogP contribution in [-0.2, 0) is 13.0 Å². The number of allylic oxidation sites excluding steroid dienone is 1. The molecule has 0 atom stereocenters. The molecular formula is C25H26O3S. The normalized spacial score (nSPS) is 11.0. The van der Waals surface area contributed by atoms with Gasteiger partial charge in [-0.15, -0.1) is 11.3 Å². The molecule has 29 heavy (non-hydrogen) atoms. The van der Waals surface area contributed by atoms with Crippen molar-refractivity contribution in [3.8, 4) is 11.5 Å². The molecule has 3 aromatic rings. The Kier molecular flexibility index (Phi) is 7.25. The van der Waals surface area contributed by atoms with Gasteiger partial charge in [0.25, 0.3) is 0 Å². The van der Waals surface area contributed by atoms with Gasteiger partial charge in [-0.25, -0.2) is 0 Å². The Morgan fingerprint density at radius 3 is 2.66 bits per heavy atom. The smallest absolute Gasteiger partial charge is 0.195 e. The number of rotatable bonds is 9. The summed E-state index contributed by atoms with van der Waals surface area (Å²) in [6.45, 7) is 4.56. The molecule has 0 aliphatic rings. The molecule has 0 saturated heterocycles. The van der Waals surface area contributed by atoms with Crippen LogP contribution in [0.3, 0.4) is 0 Å². The number of para-hydroxylation sites is 1. The van der Waals surface area contributed by atoms with Crippen LogP contribution in [0, 0.1) is 6.92 Å². The lowest BCUT2D eigenvalue weighted by molar-refractivity contribution is 0.105. The first-order chi connectivity index (χ1) is 14.1. The number of aryl methyl sites for hydroxylation is 2. The summed E-state index contributed by atoms with van der Waals surface area (Å²) in [4.78, 5) is 14.5. The van der Waals surface area contributed by atoms with Gasteiger partial charge in [-0.2, -0.15) is 0 Å². The average molecular weight is 407 g/mol. The molecule has 3 nitrogen and oxygen atoms in total. The SMILES string of the molecule is CCCc1ccc(C(=O)/C=C/c2ccc(OC)c(COc3ccccc3C)c2)s1. The van der Waals surface area contributed by atoms with Crippen LogP contribution >= 0.6 is 11.3 Å². The number of hydrogen-bond acceptors (Lipinski definition) is 4. The van der Waals surface area contributed by atoms with Crippen LogP contribution in [0.25, 0.3) is 6.08 Å². The van der Waals surface area contributed by atoms with Crippen molar-refractivity contribution in [2.75, 3.05) is 7.11 Å². The fraction of sp³-hybridized carbons (Fsp3) is 0.240. The zero-order valence-corrected chi connectivity index (χ0v) is 17.9. The van der Waals surface area contributed by atoms with E-state index in [2.05, 4.69) is 6.92 Å². The lowest BCUT2D eigenvalue weighted by atomic mass is 10.1. The third-order valence-corrected chi connectivity index (χ3v) is 5.77. The van der Waals surface area contributed by atoms with E-state index in [0.29, 0.717) is 6.61 Å². The predicted molar refractivity (Wildman–Crippen MR) is 120 cm³/mol. The van der Waals surface area contributed by atoms with Crippen LogP contribution in [0.4, 0.5) is 0 Å². The van der Waals surface area contributed by atoms with Crippen molar-refractivity contribution in [1.82, 2.24) is 0 Å². The molecule has 0 unspecified atom stereocenters. The molecule has 0 N–H and O–H groups in total. The second-order valence-electron chi connectivity index (χ2n) is 6.84. The van der Waals surface area contributed by atoms with Gasteiger partial charge in [0, 0.05) is 10.4 Å². The number of hydrogen-bond donors (Lipinski definition) is 0. The first kappa shape index (κ1) is 20.9. The molecule has 2 aromatic carbocycles. The van der Waals surface area contributed by atoms with Gasteiger partial charge >= 0.3 is 0 Å². The minimum Gasteiger partial charge on any atom is -0.496 e. The summed E-state index contributed by atoms with van der Waals surface area (Å²) in [7, 11) is 1.65. The van der Waals surface area contributed by atoms with Crippen LogP contribution < -0.4 is 9.47 Å². The number of ketones is 1. The summed E-state index contributed by atoms with van der Waals surface area (Å²) >= 11 is 1.58. The highest BCUT2D eigenvalue weighted by Gasteiger charge is 2.08. The number of ether oxygens (including phenoxy) is 2. The summed E-state index contributed by atoms with van der Waals surface area (Å²) in [5.74, 6) is 1.65. The maximum Gasteiger partial charge on any atom is 0.195 e. The average Bonchev–Trinajstić information content (AvgIpc) is 3.20. The molecule has 150 valence electrons. The third kappa shape index (κ3) is 5.58. The quantitative estimate of drug-likeness (QED) is 0.301. The lowest BCUT2D eigenvalue weighted by Crippen LogP contribution is -2.00. The van der Waals surface area contributed by atoms with E-state index >= 15 is 0 Å². The predicted octanol–water partition coefficient (Wildman–Crippen LogP) is 6.49. The number of methoxy groups -OCH3 is 1. The van der Waals surface area contributed by atoms with Crippen LogP contribution in [0.2, 0.25) is 0 Å². The van der Waals surface area contributed by atoms with Crippen LogP contribution in [0.15, 0.2) is 60.7 Å². The van der Waals surface area contributed by atoms with Crippen molar-refractivity contribution in [3.63, 3.8) is 0 Å². The molecule has 0 fully saturated rings. The number of carbonyl (C=O) groups excluding carboxylic acids is 1. The standard InChI is InChI=1S/C25H26O3S/c1-4-7-21-12-15-25(29-21)22(26)13-10-19-11-14-24(27-3)20(16-19)17-28-23-9-6-5-8-18(23)2/h5-6,8-16H,4,7,17H2,1-3H3/b13-10+. The summed E-state index contributed by atoms with van der Waals surface area (Å²) < 4.78 is 11.4. The van der Waals surface area contributed by atoms with Crippen LogP contribution in [-0.4, -0.2) is 12.9 Å². The Morgan fingerprint density at radius 1 is 1.07 bits per heavy atom. The molecule has 0 aliphatic carbocycles. The van der Waals surface area contributed by atoms with Gasteiger partial charge in [-0.05, 0) is 60.9 Å². The van der Waals surface area contributed by atoms with Gasteiger partial charge in [0.1, 0.15) is 18.1 Å². The van der Waals surface area contributed by atoms with Gasteiger partial charge in [0.05, 0.1) is 12.0 Å². The molecule has 0 aliphatic heterocycles. The molecule has 1 aromatic heterocycles. The first-order valence-electron chi connectivity index (χ1n) is 9.77. The van der Waals surface area contributed by atoms with E-state index in [1.165, 1.54) is 4.88 Å². The monoisotopic (exact) mass is 406 g/mol. The van der Waals surface area contributed by atoms with Gasteiger partial charge in [0.15, 0.2) is 5.78 Å². The molecule has 0 saturated carbocycles. The van der Waals surface area contributed by atoms with E-state index in [9.17, 15) is 4.79 Å². The minimum absolute atomic E-state index is 0.0332. The van der Waals surface area contributed by atoms with Crippen molar-refractivity contribution in [1.29, 1.82) is 0 Å². The van der Waals surface area contributed by atoms with Crippen molar-refractivity contribution in [2.24, 2.45) is 0 Å². The highest BCUT2D eigenvalue weighted by Crippen LogP contribution is 2.25. The number of benzene rings is 2.